The van der Waals surface area contributed by atoms with E-state index in [1.807, 2.05) is 97.1 Å². The highest BCUT2D eigenvalue weighted by Gasteiger charge is 2.44. The van der Waals surface area contributed by atoms with Crippen LogP contribution in [-0.2, 0) is 0 Å². The molecule has 0 aliphatic rings. The van der Waals surface area contributed by atoms with Crippen molar-refractivity contribution in [3.05, 3.63) is 121 Å². The lowest BCUT2D eigenvalue weighted by Crippen LogP contribution is -2.41. The molecule has 0 bridgehead atoms. The summed E-state index contributed by atoms with van der Waals surface area (Å²) in [6, 6.07) is 40.3. The molecule has 0 heterocycles. The summed E-state index contributed by atoms with van der Waals surface area (Å²) < 4.78 is 0. The Morgan fingerprint density at radius 2 is 0.862 bits per heavy atom. The van der Waals surface area contributed by atoms with E-state index in [4.69, 9.17) is 5.50 Å². The summed E-state index contributed by atoms with van der Waals surface area (Å²) in [6.07, 6.45) is 0. The van der Waals surface area contributed by atoms with Crippen LogP contribution in [-0.4, -0.2) is 0 Å². The first-order chi connectivity index (χ1) is 14.1. The Labute approximate surface area is 173 Å². The normalized spacial score (nSPS) is 11.9. The molecule has 0 atom stereocenters. The van der Waals surface area contributed by atoms with Gasteiger partial charge in [-0.3, -0.25) is 5.16 Å². The lowest BCUT2D eigenvalue weighted by atomic mass is 10.4. The van der Waals surface area contributed by atoms with Gasteiger partial charge in [-0.25, -0.2) is 0 Å². The molecule has 4 N–H and O–H groups in total. The minimum atomic E-state index is -2.70. The van der Waals surface area contributed by atoms with Gasteiger partial charge >= 0.3 is 0 Å². The molecule has 5 heteroatoms. The first kappa shape index (κ1) is 19.8. The summed E-state index contributed by atoms with van der Waals surface area (Å²) in [5, 5.41) is 13.7. The van der Waals surface area contributed by atoms with E-state index in [1.165, 1.54) is 0 Å². The third kappa shape index (κ3) is 3.96. The molecule has 4 rings (SSSR count). The summed E-state index contributed by atoms with van der Waals surface area (Å²) in [5.74, 6) is 0. The van der Waals surface area contributed by atoms with Gasteiger partial charge < -0.3 is 0 Å². The fraction of sp³-hybridized carbons (Fsp3) is 0. The first-order valence-electron chi connectivity index (χ1n) is 9.47. The van der Waals surface area contributed by atoms with Crippen LogP contribution in [0.2, 0.25) is 0 Å². The Balaban J connectivity index is 1.92. The van der Waals surface area contributed by atoms with E-state index >= 15 is 0 Å². The average Bonchev–Trinajstić information content (AvgIpc) is 2.81. The lowest BCUT2D eigenvalue weighted by Gasteiger charge is -2.31. The van der Waals surface area contributed by atoms with Crippen LogP contribution in [0.25, 0.3) is 0 Å². The van der Waals surface area contributed by atoms with Gasteiger partial charge in [0.05, 0.1) is 0 Å². The Bertz CT molecular complexity index is 1020. The summed E-state index contributed by atoms with van der Waals surface area (Å²) in [5.41, 5.74) is 7.21. The summed E-state index contributed by atoms with van der Waals surface area (Å²) in [6.45, 7) is 0. The van der Waals surface area contributed by atoms with Crippen LogP contribution in [0.15, 0.2) is 121 Å². The highest BCUT2D eigenvalue weighted by atomic mass is 31.2. The topological polar surface area (TPSA) is 61.9 Å². The van der Waals surface area contributed by atoms with E-state index in [1.54, 1.807) is 0 Å². The third-order valence-corrected chi connectivity index (χ3v) is 11.8. The molecule has 3 nitrogen and oxygen atoms in total. The van der Waals surface area contributed by atoms with Gasteiger partial charge in [0.1, 0.15) is 17.8 Å². The molecule has 0 spiro atoms. The van der Waals surface area contributed by atoms with Crippen molar-refractivity contribution in [2.45, 2.75) is 0 Å². The highest BCUT2D eigenvalue weighted by Crippen LogP contribution is 2.55. The van der Waals surface area contributed by atoms with Gasteiger partial charge in [-0.15, -0.1) is 4.86 Å². The van der Waals surface area contributed by atoms with Crippen molar-refractivity contribution in [3.63, 3.8) is 0 Å². The molecule has 0 aliphatic carbocycles. The van der Waals surface area contributed by atoms with Crippen molar-refractivity contribution in [2.75, 3.05) is 0 Å². The second-order valence-corrected chi connectivity index (χ2v) is 12.5. The Morgan fingerprint density at radius 1 is 0.552 bits per heavy atom. The maximum Gasteiger partial charge on any atom is 0.216 e. The molecule has 0 aromatic heterocycles. The number of benzene rings is 4. The average molecular weight is 416 g/mol. The number of hydrogen-bond donors (Lipinski definition) is 3. The molecule has 0 saturated heterocycles. The predicted octanol–water partition coefficient (Wildman–Crippen LogP) is 4.38. The maximum atomic E-state index is 9.70. The van der Waals surface area contributed by atoms with Gasteiger partial charge in [0, 0.05) is 10.6 Å². The van der Waals surface area contributed by atoms with Crippen molar-refractivity contribution in [1.29, 1.82) is 5.16 Å². The van der Waals surface area contributed by atoms with Crippen molar-refractivity contribution in [2.24, 2.45) is 5.50 Å². The van der Waals surface area contributed by atoms with E-state index in [2.05, 4.69) is 29.1 Å². The molecule has 0 aliphatic heterocycles. The lowest BCUT2D eigenvalue weighted by molar-refractivity contribution is 1.45. The van der Waals surface area contributed by atoms with Crippen LogP contribution in [0.4, 0.5) is 0 Å². The zero-order valence-corrected chi connectivity index (χ0v) is 17.8. The van der Waals surface area contributed by atoms with Crippen LogP contribution in [0.1, 0.15) is 0 Å². The molecule has 144 valence electrons. The van der Waals surface area contributed by atoms with Gasteiger partial charge in [-0.2, -0.15) is 5.50 Å². The summed E-state index contributed by atoms with van der Waals surface area (Å²) in [4.78, 5) is 3.74. The number of rotatable bonds is 6. The van der Waals surface area contributed by atoms with Gasteiger partial charge in [0.2, 0.25) is 7.56 Å². The van der Waals surface area contributed by atoms with Gasteiger partial charge in [0.25, 0.3) is 0 Å². The zero-order chi connectivity index (χ0) is 20.2. The van der Waals surface area contributed by atoms with E-state index in [0.717, 1.165) is 21.2 Å². The fourth-order valence-corrected chi connectivity index (χ4v) is 10.3. The van der Waals surface area contributed by atoms with Crippen molar-refractivity contribution < 1.29 is 0 Å². The smallest absolute Gasteiger partial charge is 0.216 e. The van der Waals surface area contributed by atoms with Crippen molar-refractivity contribution in [1.82, 2.24) is 4.86 Å². The molecule has 29 heavy (non-hydrogen) atoms. The van der Waals surface area contributed by atoms with Crippen LogP contribution in [0.3, 0.4) is 0 Å². The molecule has 4 aromatic carbocycles. The molecule has 0 radical (unpaired) electrons. The SMILES string of the molecule is N=P(N[P+](N)(c1ccccc1)c1ccccc1)(c1ccccc1)c1ccccc1. The van der Waals surface area contributed by atoms with Gasteiger partial charge in [0.15, 0.2) is 0 Å². The highest BCUT2D eigenvalue weighted by molar-refractivity contribution is 7.96. The third-order valence-electron chi connectivity index (χ3n) is 4.92. The first-order valence-corrected chi connectivity index (χ1v) is 13.1. The second kappa shape index (κ2) is 8.45. The molecule has 0 unspecified atom stereocenters. The van der Waals surface area contributed by atoms with E-state index in [0.29, 0.717) is 0 Å². The van der Waals surface area contributed by atoms with Gasteiger partial charge in [-0.05, 0) is 24.3 Å². The van der Waals surface area contributed by atoms with E-state index in [9.17, 15) is 5.16 Å². The van der Waals surface area contributed by atoms with Crippen LogP contribution in [0.5, 0.6) is 0 Å². The van der Waals surface area contributed by atoms with Crippen molar-refractivity contribution in [3.8, 4) is 0 Å². The quantitative estimate of drug-likeness (QED) is 0.409. The number of nitrogens with one attached hydrogen (secondary N) is 2. The van der Waals surface area contributed by atoms with Crippen LogP contribution < -0.4 is 31.6 Å². The molecule has 0 amide bonds. The monoisotopic (exact) mass is 416 g/mol. The maximum absolute atomic E-state index is 9.70. The van der Waals surface area contributed by atoms with Crippen molar-refractivity contribution >= 4 is 36.0 Å². The Morgan fingerprint density at radius 3 is 1.21 bits per heavy atom. The largest absolute Gasteiger partial charge is 0.292 e. The molecule has 0 fully saturated rings. The Hall–Kier alpha value is -2.54. The van der Waals surface area contributed by atoms with E-state index < -0.39 is 14.8 Å². The predicted molar refractivity (Wildman–Crippen MR) is 128 cm³/mol. The van der Waals surface area contributed by atoms with E-state index in [-0.39, 0.29) is 0 Å². The minimum Gasteiger partial charge on any atom is -0.292 e. The molecular weight excluding hydrogens is 392 g/mol. The minimum absolute atomic E-state index is 0.966. The number of nitrogens with two attached hydrogens (primary N) is 1. The van der Waals surface area contributed by atoms with Crippen LogP contribution in [0, 0.1) is 5.16 Å². The standard InChI is InChI=1S/C24H24N3P2/c25-28(21-13-5-1-6-14-21,22-15-7-2-8-16-22)27-29(26,23-17-9-3-10-18-23)24-19-11-4-12-20-24/h1-20H,25H2,(H2,26,27)/q+1. The Kier molecular flexibility index (Phi) is 5.76. The molecule has 0 saturated carbocycles. The summed E-state index contributed by atoms with van der Waals surface area (Å²) >= 11 is 0. The fourth-order valence-electron chi connectivity index (χ4n) is 3.40. The van der Waals surface area contributed by atoms with Crippen LogP contribution >= 0.6 is 14.8 Å². The molecular formula is C24H24N3P2+. The summed E-state index contributed by atoms with van der Waals surface area (Å²) in [7, 11) is -5.22. The molecule has 4 aromatic rings. The van der Waals surface area contributed by atoms with Gasteiger partial charge in [-0.1, -0.05) is 97.1 Å². The number of hydrogen-bond acceptors (Lipinski definition) is 2. The zero-order valence-electron chi connectivity index (χ0n) is 16.0. The second-order valence-electron chi connectivity index (χ2n) is 6.84.